The topological polar surface area (TPSA) is 90.9 Å². The molecule has 3 aliphatic carbocycles. The van der Waals surface area contributed by atoms with Gasteiger partial charge in [0.25, 0.3) is 0 Å². The van der Waals surface area contributed by atoms with Crippen LogP contribution in [0.2, 0.25) is 0 Å². The van der Waals surface area contributed by atoms with E-state index in [2.05, 4.69) is 44.2 Å². The van der Waals surface area contributed by atoms with Crippen molar-refractivity contribution >= 4 is 16.7 Å². The minimum absolute atomic E-state index is 0.238. The normalized spacial score (nSPS) is 28.2. The number of nitriles is 1. The fraction of sp³-hybridized carbons (Fsp3) is 0.500. The van der Waals surface area contributed by atoms with Crippen LogP contribution < -0.4 is 4.90 Å². The van der Waals surface area contributed by atoms with Crippen molar-refractivity contribution in [1.82, 2.24) is 19.7 Å². The highest BCUT2D eigenvalue weighted by Gasteiger charge is 2.75. The molecule has 1 saturated heterocycles. The Bertz CT molecular complexity index is 1280. The molecule has 2 spiro atoms. The third-order valence-corrected chi connectivity index (χ3v) is 8.24. The molecule has 2 aromatic heterocycles. The van der Waals surface area contributed by atoms with E-state index in [1.165, 1.54) is 12.8 Å². The van der Waals surface area contributed by atoms with Crippen molar-refractivity contribution in [1.29, 1.82) is 5.26 Å². The second kappa shape index (κ2) is 5.25. The van der Waals surface area contributed by atoms with Crippen LogP contribution in [0.4, 0.5) is 5.82 Å². The van der Waals surface area contributed by atoms with Crippen LogP contribution in [0.3, 0.4) is 0 Å². The van der Waals surface area contributed by atoms with E-state index in [1.54, 1.807) is 6.33 Å². The molecule has 0 unspecified atom stereocenters. The van der Waals surface area contributed by atoms with E-state index >= 15 is 0 Å². The van der Waals surface area contributed by atoms with Crippen molar-refractivity contribution in [2.24, 2.45) is 10.8 Å². The van der Waals surface area contributed by atoms with Gasteiger partial charge in [-0.25, -0.2) is 14.6 Å². The van der Waals surface area contributed by atoms with Gasteiger partial charge in [-0.15, -0.1) is 0 Å². The summed E-state index contributed by atoms with van der Waals surface area (Å²) in [6.45, 7) is 3.77. The van der Waals surface area contributed by atoms with Crippen LogP contribution in [0.15, 0.2) is 36.8 Å². The molecule has 0 bridgehead atoms. The maximum Gasteiger partial charge on any atom is 0.159 e. The first-order valence-electron chi connectivity index (χ1n) is 11.1. The van der Waals surface area contributed by atoms with Crippen LogP contribution in [0.1, 0.15) is 44.6 Å². The first-order chi connectivity index (χ1) is 14.9. The lowest BCUT2D eigenvalue weighted by molar-refractivity contribution is -0.126. The maximum absolute atomic E-state index is 10.1. The summed E-state index contributed by atoms with van der Waals surface area (Å²) in [6, 6.07) is 10.9. The molecule has 1 aromatic carbocycles. The summed E-state index contributed by atoms with van der Waals surface area (Å²) in [6.07, 6.45) is 8.50. The summed E-state index contributed by atoms with van der Waals surface area (Å²) in [5, 5.41) is 25.7. The van der Waals surface area contributed by atoms with Crippen LogP contribution in [0.25, 0.3) is 16.7 Å². The van der Waals surface area contributed by atoms with E-state index in [0.29, 0.717) is 0 Å². The van der Waals surface area contributed by atoms with Gasteiger partial charge in [-0.3, -0.25) is 0 Å². The first-order valence-corrected chi connectivity index (χ1v) is 11.1. The Morgan fingerprint density at radius 3 is 2.52 bits per heavy atom. The standard InChI is InChI=1S/C24H24N6O/c1-21(31)9-22(10-21)13-29(14-22)19-7-20(27-15-26-19)30-18-6-17(3-2-16(18)8-28-30)24(12-25)11-23(24)4-5-23/h2-3,6-8,15,31H,4-5,9-11,13-14H2,1H3/t24-/m1/s1. The molecule has 7 nitrogen and oxygen atoms in total. The lowest BCUT2D eigenvalue weighted by Gasteiger charge is -2.61. The molecule has 1 aliphatic heterocycles. The fourth-order valence-corrected chi connectivity index (χ4v) is 6.65. The zero-order chi connectivity index (χ0) is 21.1. The summed E-state index contributed by atoms with van der Waals surface area (Å²) in [5.41, 5.74) is 1.75. The first kappa shape index (κ1) is 17.7. The summed E-state index contributed by atoms with van der Waals surface area (Å²) in [5.74, 6) is 1.64. The molecule has 0 amide bonds. The van der Waals surface area contributed by atoms with E-state index in [9.17, 15) is 10.4 Å². The largest absolute Gasteiger partial charge is 0.390 e. The smallest absolute Gasteiger partial charge is 0.159 e. The molecule has 3 saturated carbocycles. The number of fused-ring (bicyclic) bond motifs is 1. The highest BCUT2D eigenvalue weighted by molar-refractivity contribution is 5.82. The Labute approximate surface area is 180 Å². The van der Waals surface area contributed by atoms with Crippen molar-refractivity contribution in [2.75, 3.05) is 18.0 Å². The predicted molar refractivity (Wildman–Crippen MR) is 115 cm³/mol. The van der Waals surface area contributed by atoms with Crippen molar-refractivity contribution in [3.63, 3.8) is 0 Å². The molecule has 31 heavy (non-hydrogen) atoms. The number of hydrogen-bond donors (Lipinski definition) is 1. The van der Waals surface area contributed by atoms with Crippen molar-refractivity contribution in [3.8, 4) is 11.9 Å². The number of benzene rings is 1. The molecule has 4 aliphatic rings. The third kappa shape index (κ3) is 2.29. The maximum atomic E-state index is 10.1. The number of rotatable bonds is 3. The Balaban J connectivity index is 1.21. The van der Waals surface area contributed by atoms with E-state index in [-0.39, 0.29) is 16.2 Å². The van der Waals surface area contributed by atoms with Gasteiger partial charge in [-0.2, -0.15) is 10.4 Å². The third-order valence-electron chi connectivity index (χ3n) is 8.24. The summed E-state index contributed by atoms with van der Waals surface area (Å²) < 4.78 is 1.86. The van der Waals surface area contributed by atoms with Crippen molar-refractivity contribution < 1.29 is 5.11 Å². The zero-order valence-corrected chi connectivity index (χ0v) is 17.5. The molecule has 1 atom stereocenters. The highest BCUT2D eigenvalue weighted by atomic mass is 16.3. The Morgan fingerprint density at radius 1 is 1.06 bits per heavy atom. The molecule has 7 heteroatoms. The molecule has 0 radical (unpaired) electrons. The minimum Gasteiger partial charge on any atom is -0.390 e. The van der Waals surface area contributed by atoms with E-state index < -0.39 is 5.60 Å². The minimum atomic E-state index is -0.504. The van der Waals surface area contributed by atoms with Crippen LogP contribution >= 0.6 is 0 Å². The molecule has 3 heterocycles. The molecule has 1 N–H and O–H groups in total. The highest BCUT2D eigenvalue weighted by Crippen LogP contribution is 2.78. The van der Waals surface area contributed by atoms with Crippen LogP contribution in [-0.4, -0.2) is 43.5 Å². The van der Waals surface area contributed by atoms with Gasteiger partial charge < -0.3 is 10.0 Å². The summed E-state index contributed by atoms with van der Waals surface area (Å²) in [4.78, 5) is 11.2. The van der Waals surface area contributed by atoms with Gasteiger partial charge in [0.1, 0.15) is 12.1 Å². The van der Waals surface area contributed by atoms with Crippen LogP contribution in [0, 0.1) is 22.2 Å². The van der Waals surface area contributed by atoms with Crippen LogP contribution in [0.5, 0.6) is 0 Å². The lowest BCUT2D eigenvalue weighted by Crippen LogP contribution is -2.67. The van der Waals surface area contributed by atoms with E-state index in [0.717, 1.165) is 60.5 Å². The van der Waals surface area contributed by atoms with Gasteiger partial charge in [-0.1, -0.05) is 12.1 Å². The Morgan fingerprint density at radius 2 is 1.84 bits per heavy atom. The average Bonchev–Trinajstić information content (AvgIpc) is 3.59. The van der Waals surface area contributed by atoms with E-state index in [4.69, 9.17) is 0 Å². The number of hydrogen-bond acceptors (Lipinski definition) is 6. The quantitative estimate of drug-likeness (QED) is 0.711. The summed E-state index contributed by atoms with van der Waals surface area (Å²) >= 11 is 0. The molecule has 156 valence electrons. The molecular formula is C24H24N6O. The van der Waals surface area contributed by atoms with Crippen LogP contribution in [-0.2, 0) is 5.41 Å². The molecular weight excluding hydrogens is 388 g/mol. The van der Waals surface area contributed by atoms with Gasteiger partial charge in [0, 0.05) is 30.0 Å². The number of nitrogens with zero attached hydrogens (tertiary/aromatic N) is 6. The van der Waals surface area contributed by atoms with Crippen molar-refractivity contribution in [2.45, 2.75) is 50.0 Å². The molecule has 7 rings (SSSR count). The van der Waals surface area contributed by atoms with Gasteiger partial charge >= 0.3 is 0 Å². The number of anilines is 1. The molecule has 3 aromatic rings. The fourth-order valence-electron chi connectivity index (χ4n) is 6.65. The summed E-state index contributed by atoms with van der Waals surface area (Å²) in [7, 11) is 0. The predicted octanol–water partition coefficient (Wildman–Crippen LogP) is 3.11. The SMILES string of the molecule is CC1(O)CC2(CN(c3cc(-n4ncc5ccc([C@]6(C#N)CC67CC7)cc54)ncn3)C2)C1. The second-order valence-electron chi connectivity index (χ2n) is 10.7. The van der Waals surface area contributed by atoms with Gasteiger partial charge in [0.2, 0.25) is 0 Å². The number of aromatic nitrogens is 4. The molecule has 4 fully saturated rings. The van der Waals surface area contributed by atoms with Gasteiger partial charge in [0.05, 0.1) is 28.8 Å². The number of aliphatic hydroxyl groups is 1. The van der Waals surface area contributed by atoms with Gasteiger partial charge in [0.15, 0.2) is 5.82 Å². The monoisotopic (exact) mass is 412 g/mol. The zero-order valence-electron chi connectivity index (χ0n) is 17.5. The average molecular weight is 412 g/mol. The Hall–Kier alpha value is -2.98. The second-order valence-corrected chi connectivity index (χ2v) is 10.7. The van der Waals surface area contributed by atoms with Gasteiger partial charge in [-0.05, 0) is 56.1 Å². The van der Waals surface area contributed by atoms with Crippen molar-refractivity contribution in [3.05, 3.63) is 42.4 Å². The van der Waals surface area contributed by atoms with E-state index in [1.807, 2.05) is 23.9 Å². The Kier molecular flexibility index (Phi) is 2.99. The lowest BCUT2D eigenvalue weighted by atomic mass is 9.56.